The summed E-state index contributed by atoms with van der Waals surface area (Å²) in [5.74, 6) is -0.415. The molecule has 2 unspecified atom stereocenters. The molecule has 0 aliphatic heterocycles. The molecule has 0 spiro atoms. The van der Waals surface area contributed by atoms with E-state index in [0.29, 0.717) is 5.92 Å². The first-order valence-electron chi connectivity index (χ1n) is 5.23. The molecule has 0 bridgehead atoms. The molecule has 0 aromatic heterocycles. The van der Waals surface area contributed by atoms with E-state index in [-0.39, 0.29) is 11.3 Å². The summed E-state index contributed by atoms with van der Waals surface area (Å²) in [6.07, 6.45) is 2.65. The summed E-state index contributed by atoms with van der Waals surface area (Å²) in [5.41, 5.74) is 1.18. The molecule has 1 saturated carbocycles. The molecule has 2 heteroatoms. The molecule has 0 saturated heterocycles. The van der Waals surface area contributed by atoms with Crippen LogP contribution >= 0.6 is 0 Å². The fourth-order valence-corrected chi connectivity index (χ4v) is 2.17. The van der Waals surface area contributed by atoms with Crippen molar-refractivity contribution in [2.24, 2.45) is 17.3 Å². The Balaban J connectivity index is 2.65. The van der Waals surface area contributed by atoms with Crippen LogP contribution in [0.5, 0.6) is 0 Å². The monoisotopic (exact) mass is 196 g/mol. The van der Waals surface area contributed by atoms with Crippen molar-refractivity contribution in [3.05, 3.63) is 12.2 Å². The van der Waals surface area contributed by atoms with E-state index in [2.05, 4.69) is 27.4 Å². The fraction of sp³-hybridized carbons (Fsp3) is 0.750. The second kappa shape index (κ2) is 3.76. The predicted octanol–water partition coefficient (Wildman–Crippen LogP) is 3.09. The zero-order valence-electron chi connectivity index (χ0n) is 9.34. The number of rotatable bonds is 1. The number of aliphatic carboxylic acids is 1. The van der Waals surface area contributed by atoms with Gasteiger partial charge in [0.15, 0.2) is 0 Å². The van der Waals surface area contributed by atoms with Crippen LogP contribution < -0.4 is 0 Å². The molecule has 1 aliphatic rings. The largest absolute Gasteiger partial charge is 0.481 e. The van der Waals surface area contributed by atoms with E-state index in [1.165, 1.54) is 0 Å². The third-order valence-corrected chi connectivity index (χ3v) is 3.33. The van der Waals surface area contributed by atoms with E-state index in [1.807, 2.05) is 0 Å². The van der Waals surface area contributed by atoms with Crippen LogP contribution in [0.1, 0.15) is 40.0 Å². The molecule has 0 aromatic rings. The van der Waals surface area contributed by atoms with Gasteiger partial charge >= 0.3 is 5.97 Å². The van der Waals surface area contributed by atoms with E-state index in [0.717, 1.165) is 24.8 Å². The van der Waals surface area contributed by atoms with Crippen molar-refractivity contribution >= 4 is 5.97 Å². The minimum absolute atomic E-state index is 0.270. The molecule has 0 radical (unpaired) electrons. The molecule has 1 fully saturated rings. The van der Waals surface area contributed by atoms with E-state index in [9.17, 15) is 4.79 Å². The zero-order chi connectivity index (χ0) is 10.9. The van der Waals surface area contributed by atoms with Gasteiger partial charge in [0.2, 0.25) is 0 Å². The normalized spacial score (nSPS) is 28.9. The zero-order valence-corrected chi connectivity index (χ0v) is 9.34. The summed E-state index contributed by atoms with van der Waals surface area (Å²) in [6, 6.07) is 0. The van der Waals surface area contributed by atoms with Crippen molar-refractivity contribution in [1.82, 2.24) is 0 Å². The molecule has 0 amide bonds. The Morgan fingerprint density at radius 2 is 2.00 bits per heavy atom. The highest BCUT2D eigenvalue weighted by atomic mass is 16.4. The van der Waals surface area contributed by atoms with Crippen molar-refractivity contribution in [1.29, 1.82) is 0 Å². The number of carboxylic acids is 1. The van der Waals surface area contributed by atoms with Gasteiger partial charge in [-0.3, -0.25) is 4.79 Å². The summed E-state index contributed by atoms with van der Waals surface area (Å²) >= 11 is 0. The van der Waals surface area contributed by atoms with Crippen LogP contribution in [-0.4, -0.2) is 11.1 Å². The van der Waals surface area contributed by atoms with Crippen LogP contribution in [0.15, 0.2) is 12.2 Å². The maximum Gasteiger partial charge on any atom is 0.310 e. The third-order valence-electron chi connectivity index (χ3n) is 3.33. The average Bonchev–Trinajstić information content (AvgIpc) is 2.01. The molecule has 2 atom stereocenters. The first kappa shape index (κ1) is 11.3. The molecule has 2 nitrogen and oxygen atoms in total. The lowest BCUT2D eigenvalue weighted by Crippen LogP contribution is -2.30. The Morgan fingerprint density at radius 3 is 2.36 bits per heavy atom. The first-order chi connectivity index (χ1) is 6.32. The maximum absolute atomic E-state index is 10.9. The summed E-state index contributed by atoms with van der Waals surface area (Å²) in [5, 5.41) is 8.94. The molecule has 1 N–H and O–H groups in total. The van der Waals surface area contributed by atoms with Crippen LogP contribution in [-0.2, 0) is 4.79 Å². The van der Waals surface area contributed by atoms with Gasteiger partial charge in [0.1, 0.15) is 0 Å². The summed E-state index contributed by atoms with van der Waals surface area (Å²) < 4.78 is 0. The van der Waals surface area contributed by atoms with Crippen molar-refractivity contribution in [2.45, 2.75) is 40.0 Å². The Morgan fingerprint density at radius 1 is 1.43 bits per heavy atom. The van der Waals surface area contributed by atoms with E-state index in [1.54, 1.807) is 0 Å². The molecule has 80 valence electrons. The number of hydrogen-bond donors (Lipinski definition) is 1. The quantitative estimate of drug-likeness (QED) is 0.654. The van der Waals surface area contributed by atoms with Gasteiger partial charge < -0.3 is 5.11 Å². The van der Waals surface area contributed by atoms with Crippen molar-refractivity contribution in [3.63, 3.8) is 0 Å². The molecule has 1 rings (SSSR count). The van der Waals surface area contributed by atoms with Gasteiger partial charge in [-0.2, -0.15) is 0 Å². The van der Waals surface area contributed by atoms with Crippen LogP contribution in [0.4, 0.5) is 0 Å². The second-order valence-corrected chi connectivity index (χ2v) is 5.39. The van der Waals surface area contributed by atoms with Crippen LogP contribution in [0, 0.1) is 17.3 Å². The minimum Gasteiger partial charge on any atom is -0.481 e. The van der Waals surface area contributed by atoms with Crippen LogP contribution in [0.2, 0.25) is 0 Å². The number of hydrogen-bond acceptors (Lipinski definition) is 1. The average molecular weight is 196 g/mol. The van der Waals surface area contributed by atoms with Gasteiger partial charge in [0, 0.05) is 0 Å². The molecular formula is C12H20O2. The Kier molecular flexibility index (Phi) is 3.03. The van der Waals surface area contributed by atoms with E-state index in [4.69, 9.17) is 5.11 Å². The lowest BCUT2D eigenvalue weighted by Gasteiger charge is -2.37. The van der Waals surface area contributed by atoms with Crippen LogP contribution in [0.3, 0.4) is 0 Å². The number of carboxylic acid groups (broad SMARTS) is 1. The van der Waals surface area contributed by atoms with Crippen molar-refractivity contribution < 1.29 is 9.90 Å². The van der Waals surface area contributed by atoms with Crippen molar-refractivity contribution in [3.8, 4) is 0 Å². The summed E-state index contributed by atoms with van der Waals surface area (Å²) in [7, 11) is 0. The van der Waals surface area contributed by atoms with E-state index < -0.39 is 5.97 Å². The summed E-state index contributed by atoms with van der Waals surface area (Å²) in [4.78, 5) is 10.9. The molecule has 1 aliphatic carbocycles. The third kappa shape index (κ3) is 2.37. The maximum atomic E-state index is 10.9. The van der Waals surface area contributed by atoms with Gasteiger partial charge in [-0.1, -0.05) is 32.9 Å². The van der Waals surface area contributed by atoms with Crippen LogP contribution in [0.25, 0.3) is 0 Å². The van der Waals surface area contributed by atoms with Gasteiger partial charge in [0.05, 0.1) is 5.92 Å². The highest BCUT2D eigenvalue weighted by molar-refractivity contribution is 5.73. The van der Waals surface area contributed by atoms with E-state index >= 15 is 0 Å². The van der Waals surface area contributed by atoms with Gasteiger partial charge in [-0.25, -0.2) is 0 Å². The lowest BCUT2D eigenvalue weighted by molar-refractivity contribution is -0.141. The fourth-order valence-electron chi connectivity index (χ4n) is 2.17. The van der Waals surface area contributed by atoms with Gasteiger partial charge in [0.25, 0.3) is 0 Å². The first-order valence-corrected chi connectivity index (χ1v) is 5.23. The number of carbonyl (C=O) groups is 1. The van der Waals surface area contributed by atoms with Gasteiger partial charge in [-0.15, -0.1) is 0 Å². The Bertz CT molecular complexity index is 248. The highest BCUT2D eigenvalue weighted by Gasteiger charge is 2.34. The Hall–Kier alpha value is -0.790. The SMILES string of the molecule is C=C1CC(C(C)(C)C)CCC1C(=O)O. The van der Waals surface area contributed by atoms with Gasteiger partial charge in [-0.05, 0) is 30.6 Å². The topological polar surface area (TPSA) is 37.3 Å². The molecular weight excluding hydrogens is 176 g/mol. The minimum atomic E-state index is -0.706. The molecule has 0 aromatic carbocycles. The standard InChI is InChI=1S/C12H20O2/c1-8-7-9(12(2,3)4)5-6-10(8)11(13)14/h9-10H,1,5-7H2,2-4H3,(H,13,14). The Labute approximate surface area is 86.0 Å². The highest BCUT2D eigenvalue weighted by Crippen LogP contribution is 2.41. The predicted molar refractivity (Wildman–Crippen MR) is 57.1 cm³/mol. The lowest BCUT2D eigenvalue weighted by atomic mass is 9.68. The second-order valence-electron chi connectivity index (χ2n) is 5.39. The molecule has 0 heterocycles. The molecule has 14 heavy (non-hydrogen) atoms. The smallest absolute Gasteiger partial charge is 0.310 e. The van der Waals surface area contributed by atoms with Crippen molar-refractivity contribution in [2.75, 3.05) is 0 Å². The summed E-state index contributed by atoms with van der Waals surface area (Å²) in [6.45, 7) is 10.5.